The van der Waals surface area contributed by atoms with E-state index in [0.29, 0.717) is 0 Å². The second kappa shape index (κ2) is 7.16. The number of nitrogens with one attached hydrogen (secondary N) is 1. The summed E-state index contributed by atoms with van der Waals surface area (Å²) in [5, 5.41) is 2.31. The summed E-state index contributed by atoms with van der Waals surface area (Å²) in [6.07, 6.45) is -0.336. The number of likely N-dealkylation sites (N-methyl/N-ethyl adjacent to an activating group) is 1. The van der Waals surface area contributed by atoms with Crippen LogP contribution in [0.25, 0.3) is 0 Å². The average molecular weight is 316 g/mol. The minimum Gasteiger partial charge on any atom is -0.347 e. The summed E-state index contributed by atoms with van der Waals surface area (Å²) in [5.74, 6) is -2.25. The molecule has 1 N–H and O–H groups in total. The number of amides is 2. The van der Waals surface area contributed by atoms with Crippen LogP contribution in [0.15, 0.2) is 29.2 Å². The van der Waals surface area contributed by atoms with Crippen molar-refractivity contribution in [2.75, 3.05) is 26.4 Å². The Bertz CT molecular complexity index is 629. The summed E-state index contributed by atoms with van der Waals surface area (Å²) in [6.45, 7) is -0.203. The number of rotatable bonds is 6. The molecular formula is C13H17FN2O4S. The lowest BCUT2D eigenvalue weighted by Crippen LogP contribution is -2.36. The first-order valence-electron chi connectivity index (χ1n) is 6.18. The molecule has 0 aliphatic rings. The Balaban J connectivity index is 2.57. The quantitative estimate of drug-likeness (QED) is 0.812. The Labute approximate surface area is 122 Å². The second-order valence-corrected chi connectivity index (χ2v) is 6.64. The zero-order valence-corrected chi connectivity index (χ0v) is 12.6. The van der Waals surface area contributed by atoms with Crippen molar-refractivity contribution in [1.29, 1.82) is 0 Å². The predicted octanol–water partition coefficient (Wildman–Crippen LogP) is 0.194. The van der Waals surface area contributed by atoms with E-state index in [0.717, 1.165) is 12.1 Å². The van der Waals surface area contributed by atoms with Gasteiger partial charge in [-0.3, -0.25) is 9.59 Å². The van der Waals surface area contributed by atoms with Gasteiger partial charge in [0.2, 0.25) is 11.8 Å². The van der Waals surface area contributed by atoms with Gasteiger partial charge in [0.25, 0.3) is 0 Å². The molecule has 116 valence electrons. The molecule has 0 saturated carbocycles. The fourth-order valence-electron chi connectivity index (χ4n) is 1.45. The van der Waals surface area contributed by atoms with Crippen molar-refractivity contribution in [2.45, 2.75) is 11.3 Å². The largest absolute Gasteiger partial charge is 0.347 e. The Kier molecular flexibility index (Phi) is 5.83. The van der Waals surface area contributed by atoms with Crippen molar-refractivity contribution >= 4 is 21.7 Å². The number of benzene rings is 1. The molecule has 0 bridgehead atoms. The van der Waals surface area contributed by atoms with Gasteiger partial charge in [-0.25, -0.2) is 12.8 Å². The summed E-state index contributed by atoms with van der Waals surface area (Å²) < 4.78 is 37.2. The predicted molar refractivity (Wildman–Crippen MR) is 74.8 cm³/mol. The molecule has 1 rings (SSSR count). The smallest absolute Gasteiger partial charge is 0.241 e. The molecule has 1 aromatic rings. The third-order valence-corrected chi connectivity index (χ3v) is 4.45. The first-order valence-corrected chi connectivity index (χ1v) is 7.83. The lowest BCUT2D eigenvalue weighted by molar-refractivity contribution is -0.130. The molecule has 0 fully saturated rings. The van der Waals surface area contributed by atoms with Crippen molar-refractivity contribution in [3.63, 3.8) is 0 Å². The fourth-order valence-corrected chi connectivity index (χ4v) is 2.78. The van der Waals surface area contributed by atoms with E-state index in [1.807, 2.05) is 0 Å². The zero-order chi connectivity index (χ0) is 16.0. The molecule has 0 spiro atoms. The molecule has 8 heteroatoms. The van der Waals surface area contributed by atoms with Crippen molar-refractivity contribution in [3.05, 3.63) is 30.1 Å². The maximum atomic E-state index is 13.4. The molecular weight excluding hydrogens is 299 g/mol. The Morgan fingerprint density at radius 1 is 1.24 bits per heavy atom. The molecule has 2 amide bonds. The molecule has 1 aromatic carbocycles. The SMILES string of the molecule is CN(C)C(=O)CNC(=O)CCS(=O)(=O)c1ccccc1F. The Hall–Kier alpha value is -1.96. The number of sulfone groups is 1. The fraction of sp³-hybridized carbons (Fsp3) is 0.385. The molecule has 0 heterocycles. The van der Waals surface area contributed by atoms with Crippen molar-refractivity contribution in [3.8, 4) is 0 Å². The van der Waals surface area contributed by atoms with Gasteiger partial charge in [0.15, 0.2) is 9.84 Å². The third-order valence-electron chi connectivity index (χ3n) is 2.71. The molecule has 0 unspecified atom stereocenters. The van der Waals surface area contributed by atoms with Crippen molar-refractivity contribution in [1.82, 2.24) is 10.2 Å². The first-order chi connectivity index (χ1) is 9.74. The summed E-state index contributed by atoms with van der Waals surface area (Å²) in [5.41, 5.74) is 0. The van der Waals surface area contributed by atoms with E-state index < -0.39 is 32.2 Å². The van der Waals surface area contributed by atoms with Crippen LogP contribution in [0, 0.1) is 5.82 Å². The van der Waals surface area contributed by atoms with Crippen LogP contribution >= 0.6 is 0 Å². The van der Waals surface area contributed by atoms with Crippen LogP contribution in [-0.4, -0.2) is 51.5 Å². The van der Waals surface area contributed by atoms with Crippen LogP contribution in [0.5, 0.6) is 0 Å². The van der Waals surface area contributed by atoms with Crippen LogP contribution in [0.2, 0.25) is 0 Å². The van der Waals surface area contributed by atoms with Gasteiger partial charge < -0.3 is 10.2 Å². The molecule has 0 atom stereocenters. The van der Waals surface area contributed by atoms with Gasteiger partial charge >= 0.3 is 0 Å². The highest BCUT2D eigenvalue weighted by Crippen LogP contribution is 2.15. The Morgan fingerprint density at radius 3 is 2.43 bits per heavy atom. The molecule has 0 aromatic heterocycles. The van der Waals surface area contributed by atoms with Crippen LogP contribution in [0.3, 0.4) is 0 Å². The van der Waals surface area contributed by atoms with Crippen LogP contribution in [0.4, 0.5) is 4.39 Å². The second-order valence-electron chi connectivity index (χ2n) is 4.56. The van der Waals surface area contributed by atoms with E-state index in [1.165, 1.54) is 31.1 Å². The highest BCUT2D eigenvalue weighted by atomic mass is 32.2. The molecule has 0 saturated heterocycles. The maximum absolute atomic E-state index is 13.4. The lowest BCUT2D eigenvalue weighted by atomic mass is 10.3. The zero-order valence-electron chi connectivity index (χ0n) is 11.8. The molecule has 0 radical (unpaired) electrons. The lowest BCUT2D eigenvalue weighted by Gasteiger charge is -2.11. The minimum absolute atomic E-state index is 0.203. The minimum atomic E-state index is -3.87. The highest BCUT2D eigenvalue weighted by Gasteiger charge is 2.20. The summed E-state index contributed by atoms with van der Waals surface area (Å²) in [4.78, 5) is 23.6. The van der Waals surface area contributed by atoms with Crippen LogP contribution in [-0.2, 0) is 19.4 Å². The first kappa shape index (κ1) is 17.1. The van der Waals surface area contributed by atoms with E-state index in [9.17, 15) is 22.4 Å². The van der Waals surface area contributed by atoms with E-state index in [-0.39, 0.29) is 18.9 Å². The van der Waals surface area contributed by atoms with Gasteiger partial charge in [-0.1, -0.05) is 12.1 Å². The van der Waals surface area contributed by atoms with Gasteiger partial charge in [-0.15, -0.1) is 0 Å². The Morgan fingerprint density at radius 2 is 1.86 bits per heavy atom. The molecule has 0 aliphatic heterocycles. The summed E-state index contributed by atoms with van der Waals surface area (Å²) >= 11 is 0. The molecule has 6 nitrogen and oxygen atoms in total. The maximum Gasteiger partial charge on any atom is 0.241 e. The summed E-state index contributed by atoms with van der Waals surface area (Å²) in [6, 6.07) is 4.99. The van der Waals surface area contributed by atoms with Gasteiger partial charge in [0, 0.05) is 20.5 Å². The van der Waals surface area contributed by atoms with Crippen molar-refractivity contribution < 1.29 is 22.4 Å². The van der Waals surface area contributed by atoms with E-state index >= 15 is 0 Å². The van der Waals surface area contributed by atoms with Gasteiger partial charge in [0.05, 0.1) is 12.3 Å². The number of nitrogens with zero attached hydrogens (tertiary/aromatic N) is 1. The molecule has 21 heavy (non-hydrogen) atoms. The molecule has 0 aliphatic carbocycles. The van der Waals surface area contributed by atoms with Crippen LogP contribution < -0.4 is 5.32 Å². The average Bonchev–Trinajstić information content (AvgIpc) is 2.42. The third kappa shape index (κ3) is 5.14. The van der Waals surface area contributed by atoms with Gasteiger partial charge in [-0.2, -0.15) is 0 Å². The monoisotopic (exact) mass is 316 g/mol. The van der Waals surface area contributed by atoms with Crippen LogP contribution in [0.1, 0.15) is 6.42 Å². The van der Waals surface area contributed by atoms with Gasteiger partial charge in [0.1, 0.15) is 10.7 Å². The van der Waals surface area contributed by atoms with Gasteiger partial charge in [-0.05, 0) is 12.1 Å². The summed E-state index contributed by atoms with van der Waals surface area (Å²) in [7, 11) is -0.794. The van der Waals surface area contributed by atoms with Crippen molar-refractivity contribution in [2.24, 2.45) is 0 Å². The number of carbonyl (C=O) groups is 2. The standard InChI is InChI=1S/C13H17FN2O4S/c1-16(2)13(18)9-15-12(17)7-8-21(19,20)11-6-4-3-5-10(11)14/h3-6H,7-9H2,1-2H3,(H,15,17). The number of carbonyl (C=O) groups excluding carboxylic acids is 2. The number of halogens is 1. The van der Waals surface area contributed by atoms with E-state index in [2.05, 4.69) is 5.32 Å². The topological polar surface area (TPSA) is 83.6 Å². The number of hydrogen-bond acceptors (Lipinski definition) is 4. The number of hydrogen-bond donors (Lipinski definition) is 1. The van der Waals surface area contributed by atoms with E-state index in [1.54, 1.807) is 0 Å². The van der Waals surface area contributed by atoms with E-state index in [4.69, 9.17) is 0 Å². The highest BCUT2D eigenvalue weighted by molar-refractivity contribution is 7.91. The normalized spacial score (nSPS) is 11.0.